The summed E-state index contributed by atoms with van der Waals surface area (Å²) in [6.07, 6.45) is 7.78. The quantitative estimate of drug-likeness (QED) is 0.445. The smallest absolute Gasteiger partial charge is 0.254 e. The fourth-order valence-electron chi connectivity index (χ4n) is 5.22. The van der Waals surface area contributed by atoms with E-state index in [9.17, 15) is 18.8 Å². The number of anilines is 2. The Bertz CT molecular complexity index is 1130. The highest BCUT2D eigenvalue weighted by molar-refractivity contribution is 7.15. The molecule has 1 aliphatic carbocycles. The molecule has 1 unspecified atom stereocenters. The molecule has 1 atom stereocenters. The molecule has 1 saturated heterocycles. The second kappa shape index (κ2) is 13.1. The summed E-state index contributed by atoms with van der Waals surface area (Å²) >= 11 is 1.41. The van der Waals surface area contributed by atoms with E-state index in [2.05, 4.69) is 25.8 Å². The van der Waals surface area contributed by atoms with Gasteiger partial charge in [0.1, 0.15) is 11.9 Å². The molecule has 2 fully saturated rings. The molecule has 3 N–H and O–H groups in total. The highest BCUT2D eigenvalue weighted by Gasteiger charge is 2.28. The van der Waals surface area contributed by atoms with Crippen LogP contribution in [-0.2, 0) is 16.1 Å². The summed E-state index contributed by atoms with van der Waals surface area (Å²) in [6.45, 7) is 5.30. The molecule has 2 aliphatic rings. The lowest BCUT2D eigenvalue weighted by Gasteiger charge is -2.33. The topological polar surface area (TPSA) is 107 Å². The van der Waals surface area contributed by atoms with Gasteiger partial charge in [0.25, 0.3) is 5.91 Å². The number of rotatable bonds is 9. The first kappa shape index (κ1) is 28.0. The zero-order chi connectivity index (χ0) is 27.1. The van der Waals surface area contributed by atoms with Crippen LogP contribution in [-0.4, -0.2) is 71.8 Å². The van der Waals surface area contributed by atoms with Gasteiger partial charge in [-0.3, -0.25) is 19.3 Å². The fraction of sp³-hybridized carbons (Fsp3) is 0.556. The molecular formula is C27H37FN6O3S. The largest absolute Gasteiger partial charge is 0.387 e. The van der Waals surface area contributed by atoms with Gasteiger partial charge < -0.3 is 20.9 Å². The Labute approximate surface area is 227 Å². The number of piperazine rings is 1. The summed E-state index contributed by atoms with van der Waals surface area (Å²) in [6, 6.07) is 3.22. The normalized spacial score (nSPS) is 17.6. The van der Waals surface area contributed by atoms with Gasteiger partial charge in [-0.2, -0.15) is 0 Å². The number of aromatic nitrogens is 1. The van der Waals surface area contributed by atoms with Gasteiger partial charge in [0.15, 0.2) is 5.13 Å². The van der Waals surface area contributed by atoms with E-state index in [0.29, 0.717) is 42.8 Å². The van der Waals surface area contributed by atoms with Gasteiger partial charge in [0, 0.05) is 63.5 Å². The lowest BCUT2D eigenvalue weighted by atomic mass is 9.84. The van der Waals surface area contributed by atoms with Gasteiger partial charge in [-0.1, -0.05) is 32.1 Å². The summed E-state index contributed by atoms with van der Waals surface area (Å²) in [5, 5.41) is 9.16. The third kappa shape index (κ3) is 7.50. The van der Waals surface area contributed by atoms with Gasteiger partial charge in [-0.25, -0.2) is 9.37 Å². The maximum atomic E-state index is 13.9. The van der Waals surface area contributed by atoms with E-state index in [4.69, 9.17) is 0 Å². The van der Waals surface area contributed by atoms with E-state index in [0.717, 1.165) is 43.6 Å². The van der Waals surface area contributed by atoms with Crippen molar-refractivity contribution in [2.24, 2.45) is 5.92 Å². The molecule has 2 aromatic rings. The molecule has 9 nitrogen and oxygen atoms in total. The maximum Gasteiger partial charge on any atom is 0.254 e. The molecule has 206 valence electrons. The lowest BCUT2D eigenvalue weighted by Crippen LogP contribution is -2.47. The Morgan fingerprint density at radius 1 is 1.13 bits per heavy atom. The van der Waals surface area contributed by atoms with Gasteiger partial charge in [0.05, 0.1) is 5.56 Å². The minimum absolute atomic E-state index is 0.0990. The zero-order valence-corrected chi connectivity index (χ0v) is 22.9. The van der Waals surface area contributed by atoms with Crippen molar-refractivity contribution in [1.82, 2.24) is 20.1 Å². The van der Waals surface area contributed by atoms with Crippen molar-refractivity contribution in [1.29, 1.82) is 0 Å². The van der Waals surface area contributed by atoms with Gasteiger partial charge in [0.2, 0.25) is 11.8 Å². The van der Waals surface area contributed by atoms with Crippen molar-refractivity contribution in [3.63, 3.8) is 0 Å². The Kier molecular flexibility index (Phi) is 9.68. The molecule has 1 saturated carbocycles. The first-order valence-electron chi connectivity index (χ1n) is 13.3. The van der Waals surface area contributed by atoms with Crippen molar-refractivity contribution in [3.8, 4) is 0 Å². The summed E-state index contributed by atoms with van der Waals surface area (Å²) in [4.78, 5) is 47.6. The number of benzene rings is 1. The van der Waals surface area contributed by atoms with E-state index < -0.39 is 17.8 Å². The minimum Gasteiger partial charge on any atom is -0.387 e. The number of nitrogens with one attached hydrogen (secondary N) is 3. The second-order valence-electron chi connectivity index (χ2n) is 10.1. The molecule has 0 spiro atoms. The predicted molar refractivity (Wildman–Crippen MR) is 147 cm³/mol. The average Bonchev–Trinajstić information content (AvgIpc) is 3.35. The number of halogens is 1. The van der Waals surface area contributed by atoms with E-state index >= 15 is 0 Å². The van der Waals surface area contributed by atoms with Crippen LogP contribution < -0.4 is 16.0 Å². The maximum absolute atomic E-state index is 13.9. The standard InChI is InChI=1S/C27H37FN6O3S/c1-18(35)34-12-10-33(11-13-34)17-21-16-30-27(38-21)32-26(37)24(14-19-6-4-3-5-7-19)31-25(36)22-15-20(28)8-9-23(22)29-2/h8-9,15-16,19,24,29H,3-7,10-14,17H2,1-2H3,(H,31,36)(H,30,32,37). The van der Waals surface area contributed by atoms with Crippen molar-refractivity contribution in [3.05, 3.63) is 40.7 Å². The molecular weight excluding hydrogens is 507 g/mol. The number of hydrogen-bond donors (Lipinski definition) is 3. The zero-order valence-electron chi connectivity index (χ0n) is 22.1. The molecule has 38 heavy (non-hydrogen) atoms. The van der Waals surface area contributed by atoms with Crippen LogP contribution in [0.15, 0.2) is 24.4 Å². The van der Waals surface area contributed by atoms with Crippen molar-refractivity contribution >= 4 is 39.9 Å². The van der Waals surface area contributed by atoms with E-state index in [1.807, 2.05) is 4.90 Å². The van der Waals surface area contributed by atoms with Crippen LogP contribution in [0.4, 0.5) is 15.2 Å². The third-order valence-corrected chi connectivity index (χ3v) is 8.29. The molecule has 1 aromatic heterocycles. The monoisotopic (exact) mass is 544 g/mol. The molecule has 11 heteroatoms. The predicted octanol–water partition coefficient (Wildman–Crippen LogP) is 3.70. The number of amides is 3. The van der Waals surface area contributed by atoms with Crippen LogP contribution in [0.3, 0.4) is 0 Å². The first-order chi connectivity index (χ1) is 18.3. The van der Waals surface area contributed by atoms with Gasteiger partial charge in [-0.05, 0) is 30.5 Å². The van der Waals surface area contributed by atoms with Gasteiger partial charge >= 0.3 is 0 Å². The van der Waals surface area contributed by atoms with Crippen molar-refractivity contribution in [2.75, 3.05) is 43.9 Å². The molecule has 0 radical (unpaired) electrons. The molecule has 1 aliphatic heterocycles. The first-order valence-corrected chi connectivity index (χ1v) is 14.2. The molecule has 2 heterocycles. The number of thiazole rings is 1. The molecule has 3 amide bonds. The third-order valence-electron chi connectivity index (χ3n) is 7.39. The van der Waals surface area contributed by atoms with E-state index in [1.54, 1.807) is 20.2 Å². The Morgan fingerprint density at radius 3 is 2.55 bits per heavy atom. The highest BCUT2D eigenvalue weighted by Crippen LogP contribution is 2.28. The van der Waals surface area contributed by atoms with Crippen LogP contribution in [0.5, 0.6) is 0 Å². The Hall–Kier alpha value is -3.05. The minimum atomic E-state index is -0.759. The van der Waals surface area contributed by atoms with Crippen LogP contribution in [0, 0.1) is 11.7 Å². The number of nitrogens with zero attached hydrogens (tertiary/aromatic N) is 3. The molecule has 0 bridgehead atoms. The Morgan fingerprint density at radius 2 is 1.87 bits per heavy atom. The van der Waals surface area contributed by atoms with Crippen molar-refractivity contribution < 1.29 is 18.8 Å². The van der Waals surface area contributed by atoms with Crippen LogP contribution >= 0.6 is 11.3 Å². The lowest BCUT2D eigenvalue weighted by molar-refractivity contribution is -0.130. The highest BCUT2D eigenvalue weighted by atomic mass is 32.1. The fourth-order valence-corrected chi connectivity index (χ4v) is 6.08. The summed E-state index contributed by atoms with van der Waals surface area (Å²) in [7, 11) is 1.67. The van der Waals surface area contributed by atoms with Crippen LogP contribution in [0.2, 0.25) is 0 Å². The van der Waals surface area contributed by atoms with E-state index in [-0.39, 0.29) is 17.4 Å². The average molecular weight is 545 g/mol. The summed E-state index contributed by atoms with van der Waals surface area (Å²) < 4.78 is 13.9. The molecule has 4 rings (SSSR count). The second-order valence-corrected chi connectivity index (χ2v) is 11.2. The number of carbonyl (C=O) groups excluding carboxylic acids is 3. The van der Waals surface area contributed by atoms with Crippen LogP contribution in [0.1, 0.15) is 60.7 Å². The molecule has 1 aromatic carbocycles. The summed E-state index contributed by atoms with van der Waals surface area (Å²) in [5.41, 5.74) is 0.657. The van der Waals surface area contributed by atoms with E-state index in [1.165, 1.54) is 36.0 Å². The Balaban J connectivity index is 1.40. The number of carbonyl (C=O) groups is 3. The van der Waals surface area contributed by atoms with Crippen molar-refractivity contribution in [2.45, 2.75) is 58.0 Å². The summed E-state index contributed by atoms with van der Waals surface area (Å²) in [5.74, 6) is -0.879. The number of hydrogen-bond acceptors (Lipinski definition) is 7. The van der Waals surface area contributed by atoms with Crippen LogP contribution in [0.25, 0.3) is 0 Å². The van der Waals surface area contributed by atoms with Gasteiger partial charge in [-0.15, -0.1) is 11.3 Å². The SMILES string of the molecule is CNc1ccc(F)cc1C(=O)NC(CC1CCCCC1)C(=O)Nc1ncc(CN2CCN(C(C)=O)CC2)s1.